The van der Waals surface area contributed by atoms with Crippen LogP contribution in [0.15, 0.2) is 47.5 Å². The molecule has 0 amide bonds. The van der Waals surface area contributed by atoms with Gasteiger partial charge in [0.2, 0.25) is 0 Å². The fourth-order valence-corrected chi connectivity index (χ4v) is 6.07. The maximum absolute atomic E-state index is 9.49. The summed E-state index contributed by atoms with van der Waals surface area (Å²) in [6.45, 7) is 7.02. The minimum Gasteiger partial charge on any atom is -0.508 e. The van der Waals surface area contributed by atoms with Gasteiger partial charge in [0, 0.05) is 22.9 Å². The van der Waals surface area contributed by atoms with E-state index >= 15 is 0 Å². The lowest BCUT2D eigenvalue weighted by molar-refractivity contribution is 0.340. The lowest BCUT2D eigenvalue weighted by atomic mass is 9.90. The molecule has 0 radical (unpaired) electrons. The molecule has 0 spiro atoms. The minimum absolute atomic E-state index is 0.170. The van der Waals surface area contributed by atoms with Crippen molar-refractivity contribution in [1.82, 2.24) is 0 Å². The number of anilines is 1. The molecule has 2 heterocycles. The Labute approximate surface area is 159 Å². The van der Waals surface area contributed by atoms with Gasteiger partial charge in [-0.15, -0.1) is 0 Å². The zero-order valence-electron chi connectivity index (χ0n) is 14.9. The second-order valence-electron chi connectivity index (χ2n) is 6.69. The van der Waals surface area contributed by atoms with Crippen molar-refractivity contribution in [3.8, 4) is 22.6 Å². The Hall–Kier alpha value is -2.31. The third-order valence-electron chi connectivity index (χ3n) is 4.31. The molecule has 134 valence electrons. The normalized spacial score (nSPS) is 15.1. The van der Waals surface area contributed by atoms with Gasteiger partial charge < -0.3 is 15.2 Å². The number of aromatic hydroxyl groups is 1. The molecule has 3 aromatic rings. The lowest BCUT2D eigenvalue weighted by Gasteiger charge is -2.33. The molecule has 1 aliphatic rings. The van der Waals surface area contributed by atoms with Gasteiger partial charge in [0.15, 0.2) is 0 Å². The minimum atomic E-state index is -0.170. The van der Waals surface area contributed by atoms with Gasteiger partial charge in [-0.2, -0.15) is 0 Å². The maximum atomic E-state index is 9.49. The highest BCUT2D eigenvalue weighted by Gasteiger charge is 2.33. The summed E-state index contributed by atoms with van der Waals surface area (Å²) in [5.74, 6) is 1.12. The molecule has 4 nitrogen and oxygen atoms in total. The van der Waals surface area contributed by atoms with Crippen molar-refractivity contribution in [2.45, 2.75) is 26.3 Å². The molecule has 0 saturated carbocycles. The molecule has 1 aromatic heterocycles. The molecule has 0 fully saturated rings. The summed E-state index contributed by atoms with van der Waals surface area (Å²) in [4.78, 5) is 6.13. The van der Waals surface area contributed by atoms with Gasteiger partial charge in [-0.3, -0.25) is 0 Å². The van der Waals surface area contributed by atoms with Crippen molar-refractivity contribution in [2.24, 2.45) is 4.99 Å². The summed E-state index contributed by atoms with van der Waals surface area (Å²) in [5.41, 5.74) is 4.08. The van der Waals surface area contributed by atoms with E-state index in [-0.39, 0.29) is 11.3 Å². The van der Waals surface area contributed by atoms with Crippen molar-refractivity contribution >= 4 is 32.1 Å². The second-order valence-corrected chi connectivity index (χ2v) is 8.82. The molecular formula is C20H20N2O2S2. The van der Waals surface area contributed by atoms with Crippen molar-refractivity contribution < 1.29 is 9.84 Å². The zero-order valence-corrected chi connectivity index (χ0v) is 16.5. The van der Waals surface area contributed by atoms with Crippen LogP contribution < -0.4 is 14.7 Å². The Balaban J connectivity index is 1.90. The van der Waals surface area contributed by atoms with Crippen LogP contribution in [-0.4, -0.2) is 11.7 Å². The predicted molar refractivity (Wildman–Crippen MR) is 109 cm³/mol. The van der Waals surface area contributed by atoms with E-state index in [2.05, 4.69) is 31.3 Å². The summed E-state index contributed by atoms with van der Waals surface area (Å²) >= 11 is 0. The van der Waals surface area contributed by atoms with Crippen molar-refractivity contribution in [3.05, 3.63) is 52.0 Å². The fraction of sp³-hybridized carbons (Fsp3) is 0.250. The number of benzene rings is 2. The molecule has 2 aromatic carbocycles. The van der Waals surface area contributed by atoms with Gasteiger partial charge in [0.1, 0.15) is 16.2 Å². The van der Waals surface area contributed by atoms with Gasteiger partial charge in [-0.1, -0.05) is 20.7 Å². The summed E-state index contributed by atoms with van der Waals surface area (Å²) < 4.78 is 6.66. The highest BCUT2D eigenvalue weighted by molar-refractivity contribution is 7.68. The molecule has 0 aliphatic carbocycles. The van der Waals surface area contributed by atoms with E-state index in [4.69, 9.17) is 9.73 Å². The number of nitrogens with one attached hydrogen (secondary N) is 1. The topological polar surface area (TPSA) is 53.8 Å². The number of ether oxygens (including phenoxy) is 1. The molecule has 6 heteroatoms. The standard InChI is InChI=1S/C20H20N2O2S2/c1-4-24-14-9-10-15-16(11-14)22-20(2,3)18-17(15)19(26-25-18)21-12-5-7-13(23)8-6-12/h5-11,22-23H,4H2,1-3H3/b21-19+. The Morgan fingerprint density at radius 1 is 1.12 bits per heavy atom. The van der Waals surface area contributed by atoms with Gasteiger partial charge in [0.05, 0.1) is 22.7 Å². The lowest BCUT2D eigenvalue weighted by Crippen LogP contribution is -2.31. The molecule has 0 unspecified atom stereocenters. The van der Waals surface area contributed by atoms with E-state index < -0.39 is 0 Å². The Morgan fingerprint density at radius 2 is 1.88 bits per heavy atom. The van der Waals surface area contributed by atoms with Crippen LogP contribution in [0.1, 0.15) is 25.6 Å². The zero-order chi connectivity index (χ0) is 18.3. The first-order chi connectivity index (χ1) is 12.5. The molecule has 26 heavy (non-hydrogen) atoms. The van der Waals surface area contributed by atoms with Crippen molar-refractivity contribution in [1.29, 1.82) is 0 Å². The van der Waals surface area contributed by atoms with Crippen molar-refractivity contribution in [3.63, 3.8) is 0 Å². The number of rotatable bonds is 3. The van der Waals surface area contributed by atoms with Crippen LogP contribution in [0.2, 0.25) is 0 Å². The SMILES string of the molecule is CCOc1ccc2c(c1)NC(C)(C)c1ss/c(=N/c3ccc(O)cc3)c1-2. The summed E-state index contributed by atoms with van der Waals surface area (Å²) in [5, 5.41) is 13.1. The smallest absolute Gasteiger partial charge is 0.135 e. The fourth-order valence-electron chi connectivity index (χ4n) is 3.13. The third kappa shape index (κ3) is 2.99. The van der Waals surface area contributed by atoms with Crippen LogP contribution in [0.4, 0.5) is 11.4 Å². The van der Waals surface area contributed by atoms with E-state index in [9.17, 15) is 5.11 Å². The average Bonchev–Trinajstić information content (AvgIpc) is 3.02. The van der Waals surface area contributed by atoms with E-state index in [0.717, 1.165) is 27.4 Å². The number of hydrogen-bond donors (Lipinski definition) is 2. The molecular weight excluding hydrogens is 364 g/mol. The predicted octanol–water partition coefficient (Wildman–Crippen LogP) is 5.47. The van der Waals surface area contributed by atoms with Crippen LogP contribution in [-0.2, 0) is 5.54 Å². The van der Waals surface area contributed by atoms with E-state index in [1.807, 2.05) is 25.1 Å². The number of phenolic OH excluding ortho intramolecular Hbond substituents is 1. The molecule has 0 saturated heterocycles. The van der Waals surface area contributed by atoms with Crippen molar-refractivity contribution in [2.75, 3.05) is 11.9 Å². The summed E-state index contributed by atoms with van der Waals surface area (Å²) in [6, 6.07) is 13.2. The van der Waals surface area contributed by atoms with Crippen LogP contribution in [0.3, 0.4) is 0 Å². The monoisotopic (exact) mass is 384 g/mol. The highest BCUT2D eigenvalue weighted by Crippen LogP contribution is 2.46. The average molecular weight is 385 g/mol. The van der Waals surface area contributed by atoms with E-state index in [1.54, 1.807) is 32.8 Å². The van der Waals surface area contributed by atoms with E-state index in [1.165, 1.54) is 10.4 Å². The van der Waals surface area contributed by atoms with Gasteiger partial charge in [0.25, 0.3) is 0 Å². The van der Waals surface area contributed by atoms with Gasteiger partial charge in [-0.25, -0.2) is 4.99 Å². The Morgan fingerprint density at radius 3 is 2.62 bits per heavy atom. The van der Waals surface area contributed by atoms with Crippen LogP contribution in [0, 0.1) is 0 Å². The van der Waals surface area contributed by atoms with Crippen LogP contribution in [0.5, 0.6) is 11.5 Å². The highest BCUT2D eigenvalue weighted by atomic mass is 32.9. The number of hydrogen-bond acceptors (Lipinski definition) is 6. The largest absolute Gasteiger partial charge is 0.508 e. The van der Waals surface area contributed by atoms with Gasteiger partial charge >= 0.3 is 0 Å². The molecule has 4 rings (SSSR count). The molecule has 0 atom stereocenters. The van der Waals surface area contributed by atoms with E-state index in [0.29, 0.717) is 6.61 Å². The number of nitrogens with zero attached hydrogens (tertiary/aromatic N) is 1. The summed E-state index contributed by atoms with van der Waals surface area (Å²) in [6.07, 6.45) is 0. The number of phenols is 1. The second kappa shape index (κ2) is 6.45. The number of fused-ring (bicyclic) bond motifs is 3. The Kier molecular flexibility index (Phi) is 4.25. The van der Waals surface area contributed by atoms with Crippen LogP contribution >= 0.6 is 20.7 Å². The first kappa shape index (κ1) is 17.1. The summed E-state index contributed by atoms with van der Waals surface area (Å²) in [7, 11) is 3.45. The van der Waals surface area contributed by atoms with Gasteiger partial charge in [-0.05, 0) is 57.2 Å². The first-order valence-electron chi connectivity index (χ1n) is 8.51. The first-order valence-corrected chi connectivity index (χ1v) is 10.7. The molecule has 1 aliphatic heterocycles. The Bertz CT molecular complexity index is 1020. The third-order valence-corrected chi connectivity index (χ3v) is 6.95. The maximum Gasteiger partial charge on any atom is 0.135 e. The quantitative estimate of drug-likeness (QED) is 0.589. The molecule has 0 bridgehead atoms. The van der Waals surface area contributed by atoms with Crippen LogP contribution in [0.25, 0.3) is 11.1 Å². The molecule has 2 N–H and O–H groups in total.